The number of aliphatic hydroxyl groups excluding tert-OH is 1. The SMILES string of the molecule is C=C(C)C#CCCCO. The van der Waals surface area contributed by atoms with Crippen LogP contribution in [-0.4, -0.2) is 11.7 Å². The fraction of sp³-hybridized carbons (Fsp3) is 0.500. The predicted molar refractivity (Wildman–Crippen MR) is 38.9 cm³/mol. The summed E-state index contributed by atoms with van der Waals surface area (Å²) in [5.41, 5.74) is 0.882. The Balaban J connectivity index is 3.27. The minimum atomic E-state index is 0.227. The monoisotopic (exact) mass is 124 g/mol. The highest BCUT2D eigenvalue weighted by Gasteiger charge is 1.76. The molecule has 50 valence electrons. The topological polar surface area (TPSA) is 20.2 Å². The van der Waals surface area contributed by atoms with Gasteiger partial charge in [-0.15, -0.1) is 0 Å². The molecule has 0 radical (unpaired) electrons. The molecule has 0 amide bonds. The summed E-state index contributed by atoms with van der Waals surface area (Å²) in [5, 5.41) is 8.34. The first kappa shape index (κ1) is 8.26. The molecule has 0 saturated heterocycles. The number of allylic oxidation sites excluding steroid dienone is 1. The Morgan fingerprint density at radius 2 is 2.33 bits per heavy atom. The van der Waals surface area contributed by atoms with Crippen molar-refractivity contribution in [1.82, 2.24) is 0 Å². The molecule has 1 N–H and O–H groups in total. The van der Waals surface area contributed by atoms with Gasteiger partial charge in [0, 0.05) is 13.0 Å². The summed E-state index contributed by atoms with van der Waals surface area (Å²) in [6, 6.07) is 0. The Morgan fingerprint density at radius 1 is 1.67 bits per heavy atom. The fourth-order valence-electron chi connectivity index (χ4n) is 0.381. The van der Waals surface area contributed by atoms with Crippen LogP contribution in [-0.2, 0) is 0 Å². The third-order valence-corrected chi connectivity index (χ3v) is 0.762. The lowest BCUT2D eigenvalue weighted by atomic mass is 10.3. The Kier molecular flexibility index (Phi) is 4.95. The molecule has 0 spiro atoms. The van der Waals surface area contributed by atoms with Crippen LogP contribution in [0.4, 0.5) is 0 Å². The van der Waals surface area contributed by atoms with Crippen LogP contribution in [0.25, 0.3) is 0 Å². The lowest BCUT2D eigenvalue weighted by Crippen LogP contribution is -1.78. The molecule has 0 fully saturated rings. The summed E-state index contributed by atoms with van der Waals surface area (Å²) >= 11 is 0. The van der Waals surface area contributed by atoms with Crippen molar-refractivity contribution in [2.24, 2.45) is 0 Å². The summed E-state index contributed by atoms with van der Waals surface area (Å²) in [6.07, 6.45) is 1.53. The number of unbranched alkanes of at least 4 members (excludes halogenated alkanes) is 1. The molecule has 1 nitrogen and oxygen atoms in total. The Labute approximate surface area is 56.4 Å². The minimum absolute atomic E-state index is 0.227. The van der Waals surface area contributed by atoms with Gasteiger partial charge in [-0.05, 0) is 18.9 Å². The molecule has 0 aromatic rings. The molecule has 0 saturated carbocycles. The molecule has 0 aliphatic carbocycles. The Hall–Kier alpha value is -0.740. The van der Waals surface area contributed by atoms with Crippen molar-refractivity contribution in [3.63, 3.8) is 0 Å². The summed E-state index contributed by atoms with van der Waals surface area (Å²) in [6.45, 7) is 5.71. The van der Waals surface area contributed by atoms with Crippen molar-refractivity contribution in [1.29, 1.82) is 0 Å². The average Bonchev–Trinajstić information content (AvgIpc) is 1.80. The van der Waals surface area contributed by atoms with E-state index in [0.29, 0.717) is 0 Å². The van der Waals surface area contributed by atoms with Gasteiger partial charge in [0.05, 0.1) is 0 Å². The lowest BCUT2D eigenvalue weighted by Gasteiger charge is -1.83. The van der Waals surface area contributed by atoms with Crippen LogP contribution in [0.3, 0.4) is 0 Å². The van der Waals surface area contributed by atoms with E-state index in [9.17, 15) is 0 Å². The van der Waals surface area contributed by atoms with E-state index in [4.69, 9.17) is 5.11 Å². The van der Waals surface area contributed by atoms with Gasteiger partial charge in [-0.1, -0.05) is 18.4 Å². The van der Waals surface area contributed by atoms with Crippen LogP contribution in [0.5, 0.6) is 0 Å². The first-order chi connectivity index (χ1) is 4.27. The van der Waals surface area contributed by atoms with Crippen LogP contribution < -0.4 is 0 Å². The van der Waals surface area contributed by atoms with E-state index in [0.717, 1.165) is 18.4 Å². The zero-order chi connectivity index (χ0) is 7.11. The molecule has 1 heteroatoms. The molecular formula is C8H12O. The third-order valence-electron chi connectivity index (χ3n) is 0.762. The van der Waals surface area contributed by atoms with Crippen molar-refractivity contribution in [2.75, 3.05) is 6.61 Å². The highest BCUT2D eigenvalue weighted by Crippen LogP contribution is 1.85. The second-order valence-corrected chi connectivity index (χ2v) is 1.91. The molecule has 0 atom stereocenters. The van der Waals surface area contributed by atoms with E-state index < -0.39 is 0 Å². The van der Waals surface area contributed by atoms with Gasteiger partial charge in [-0.3, -0.25) is 0 Å². The van der Waals surface area contributed by atoms with Gasteiger partial charge < -0.3 is 5.11 Å². The first-order valence-electron chi connectivity index (χ1n) is 3.02. The third kappa shape index (κ3) is 7.26. The van der Waals surface area contributed by atoms with Gasteiger partial charge in [0.25, 0.3) is 0 Å². The lowest BCUT2D eigenvalue weighted by molar-refractivity contribution is 0.290. The van der Waals surface area contributed by atoms with E-state index in [1.807, 2.05) is 6.92 Å². The summed E-state index contributed by atoms with van der Waals surface area (Å²) in [7, 11) is 0. The minimum Gasteiger partial charge on any atom is -0.396 e. The van der Waals surface area contributed by atoms with Crippen LogP contribution in [0.1, 0.15) is 19.8 Å². The second kappa shape index (κ2) is 5.40. The fourth-order valence-corrected chi connectivity index (χ4v) is 0.381. The Bertz CT molecular complexity index is 136. The molecule has 0 aromatic heterocycles. The largest absolute Gasteiger partial charge is 0.396 e. The van der Waals surface area contributed by atoms with Crippen molar-refractivity contribution < 1.29 is 5.11 Å². The van der Waals surface area contributed by atoms with Crippen LogP contribution in [0, 0.1) is 11.8 Å². The molecule has 0 aliphatic rings. The maximum Gasteiger partial charge on any atom is 0.0440 e. The number of hydrogen-bond donors (Lipinski definition) is 1. The number of aliphatic hydroxyl groups is 1. The molecule has 9 heavy (non-hydrogen) atoms. The van der Waals surface area contributed by atoms with E-state index in [2.05, 4.69) is 18.4 Å². The van der Waals surface area contributed by atoms with Crippen molar-refractivity contribution in [2.45, 2.75) is 19.8 Å². The maximum absolute atomic E-state index is 8.34. The van der Waals surface area contributed by atoms with Gasteiger partial charge in [0.15, 0.2) is 0 Å². The summed E-state index contributed by atoms with van der Waals surface area (Å²) in [4.78, 5) is 0. The van der Waals surface area contributed by atoms with Crippen LogP contribution >= 0.6 is 0 Å². The quantitative estimate of drug-likeness (QED) is 0.435. The van der Waals surface area contributed by atoms with Gasteiger partial charge in [0.1, 0.15) is 0 Å². The van der Waals surface area contributed by atoms with Gasteiger partial charge >= 0.3 is 0 Å². The highest BCUT2D eigenvalue weighted by molar-refractivity contribution is 5.22. The highest BCUT2D eigenvalue weighted by atomic mass is 16.2. The van der Waals surface area contributed by atoms with E-state index in [1.54, 1.807) is 0 Å². The van der Waals surface area contributed by atoms with Crippen molar-refractivity contribution in [3.8, 4) is 11.8 Å². The predicted octanol–water partition coefficient (Wildman–Crippen LogP) is 1.34. The zero-order valence-corrected chi connectivity index (χ0v) is 5.78. The molecule has 0 bridgehead atoms. The van der Waals surface area contributed by atoms with Crippen molar-refractivity contribution in [3.05, 3.63) is 12.2 Å². The van der Waals surface area contributed by atoms with Gasteiger partial charge in [-0.2, -0.15) is 0 Å². The standard InChI is InChI=1S/C8H12O/c1-8(2)6-4-3-5-7-9/h9H,1,3,5,7H2,2H3. The summed E-state index contributed by atoms with van der Waals surface area (Å²) in [5.74, 6) is 5.70. The van der Waals surface area contributed by atoms with E-state index in [1.165, 1.54) is 0 Å². The maximum atomic E-state index is 8.34. The molecule has 0 rings (SSSR count). The molecule has 0 aliphatic heterocycles. The normalized spacial score (nSPS) is 7.78. The van der Waals surface area contributed by atoms with E-state index in [-0.39, 0.29) is 6.61 Å². The van der Waals surface area contributed by atoms with Gasteiger partial charge in [-0.25, -0.2) is 0 Å². The molecule has 0 aromatic carbocycles. The second-order valence-electron chi connectivity index (χ2n) is 1.91. The van der Waals surface area contributed by atoms with E-state index >= 15 is 0 Å². The molecule has 0 heterocycles. The summed E-state index contributed by atoms with van der Waals surface area (Å²) < 4.78 is 0. The van der Waals surface area contributed by atoms with Crippen LogP contribution in [0.2, 0.25) is 0 Å². The van der Waals surface area contributed by atoms with Crippen LogP contribution in [0.15, 0.2) is 12.2 Å². The van der Waals surface area contributed by atoms with Crippen molar-refractivity contribution >= 4 is 0 Å². The average molecular weight is 124 g/mol. The Morgan fingerprint density at radius 3 is 2.78 bits per heavy atom. The van der Waals surface area contributed by atoms with Gasteiger partial charge in [0.2, 0.25) is 0 Å². The molecular weight excluding hydrogens is 112 g/mol. The number of rotatable bonds is 2. The zero-order valence-electron chi connectivity index (χ0n) is 5.78. The molecule has 0 unspecified atom stereocenters. The number of hydrogen-bond acceptors (Lipinski definition) is 1. The first-order valence-corrected chi connectivity index (χ1v) is 3.02. The smallest absolute Gasteiger partial charge is 0.0440 e.